The highest BCUT2D eigenvalue weighted by Crippen LogP contribution is 2.21. The second-order valence-corrected chi connectivity index (χ2v) is 7.33. The van der Waals surface area contributed by atoms with Gasteiger partial charge in [0.15, 0.2) is 0 Å². The van der Waals surface area contributed by atoms with Gasteiger partial charge in [-0.1, -0.05) is 0 Å². The fourth-order valence-electron chi connectivity index (χ4n) is 3.38. The molecule has 1 aliphatic rings. The molecule has 0 bridgehead atoms. The minimum Gasteiger partial charge on any atom is -0.462 e. The molecule has 2 aromatic heterocycles. The third-order valence-corrected chi connectivity index (χ3v) is 5.51. The minimum absolute atomic E-state index is 0.0451. The first-order chi connectivity index (χ1) is 12.5. The van der Waals surface area contributed by atoms with Crippen LogP contribution < -0.4 is 0 Å². The lowest BCUT2D eigenvalue weighted by Gasteiger charge is -2.34. The number of amides is 1. The molecule has 1 amide bonds. The van der Waals surface area contributed by atoms with E-state index < -0.39 is 0 Å². The average molecular weight is 375 g/mol. The van der Waals surface area contributed by atoms with E-state index >= 15 is 0 Å². The zero-order valence-corrected chi connectivity index (χ0v) is 16.3. The van der Waals surface area contributed by atoms with Gasteiger partial charge in [0.05, 0.1) is 12.2 Å². The maximum absolute atomic E-state index is 12.9. The highest BCUT2D eigenvalue weighted by Gasteiger charge is 2.28. The molecule has 140 valence electrons. The average Bonchev–Trinajstić information content (AvgIpc) is 3.23. The molecule has 0 unspecified atom stereocenters. The molecule has 7 heteroatoms. The monoisotopic (exact) mass is 375 g/mol. The Morgan fingerprint density at radius 1 is 1.23 bits per heavy atom. The highest BCUT2D eigenvalue weighted by molar-refractivity contribution is 7.07. The lowest BCUT2D eigenvalue weighted by Crippen LogP contribution is -2.48. The van der Waals surface area contributed by atoms with Crippen molar-refractivity contribution in [2.75, 3.05) is 32.8 Å². The zero-order valence-electron chi connectivity index (χ0n) is 15.5. The van der Waals surface area contributed by atoms with Crippen molar-refractivity contribution < 1.29 is 14.3 Å². The lowest BCUT2D eigenvalue weighted by molar-refractivity contribution is 0.0525. The van der Waals surface area contributed by atoms with Crippen molar-refractivity contribution in [2.24, 2.45) is 0 Å². The summed E-state index contributed by atoms with van der Waals surface area (Å²) in [5.74, 6) is -0.422. The lowest BCUT2D eigenvalue weighted by atomic mass is 10.1. The van der Waals surface area contributed by atoms with Gasteiger partial charge in [0.25, 0.3) is 5.91 Å². The summed E-state index contributed by atoms with van der Waals surface area (Å²) < 4.78 is 5.10. The van der Waals surface area contributed by atoms with Gasteiger partial charge in [0.1, 0.15) is 5.69 Å². The Bertz CT molecular complexity index is 774. The van der Waals surface area contributed by atoms with Crippen LogP contribution in [0, 0.1) is 13.8 Å². The number of hydrogen-bond donors (Lipinski definition) is 1. The van der Waals surface area contributed by atoms with Crippen LogP contribution in [-0.4, -0.2) is 59.4 Å². The SMILES string of the molecule is CCOC(=O)c1c(C)[nH]c(C(=O)N2CCN(Cc3ccsc3)CC2)c1C. The molecule has 3 heterocycles. The number of hydrogen-bond acceptors (Lipinski definition) is 5. The van der Waals surface area contributed by atoms with Gasteiger partial charge in [0.2, 0.25) is 0 Å². The second-order valence-electron chi connectivity index (χ2n) is 6.55. The Morgan fingerprint density at radius 2 is 1.96 bits per heavy atom. The van der Waals surface area contributed by atoms with Crippen LogP contribution in [0.5, 0.6) is 0 Å². The van der Waals surface area contributed by atoms with Crippen molar-refractivity contribution in [3.8, 4) is 0 Å². The highest BCUT2D eigenvalue weighted by atomic mass is 32.1. The minimum atomic E-state index is -0.376. The Labute approximate surface area is 157 Å². The van der Waals surface area contributed by atoms with E-state index in [1.54, 1.807) is 32.1 Å². The molecule has 2 aromatic rings. The van der Waals surface area contributed by atoms with Crippen LogP contribution in [-0.2, 0) is 11.3 Å². The maximum atomic E-state index is 12.9. The van der Waals surface area contributed by atoms with Gasteiger partial charge in [-0.3, -0.25) is 9.69 Å². The number of nitrogens with one attached hydrogen (secondary N) is 1. The van der Waals surface area contributed by atoms with Crippen LogP contribution in [0.1, 0.15) is 44.6 Å². The van der Waals surface area contributed by atoms with E-state index in [1.807, 2.05) is 4.90 Å². The summed E-state index contributed by atoms with van der Waals surface area (Å²) in [5.41, 5.74) is 3.65. The standard InChI is InChI=1S/C19H25N3O3S/c1-4-25-19(24)16-13(2)17(20-14(16)3)18(23)22-8-6-21(7-9-22)11-15-5-10-26-12-15/h5,10,12,20H,4,6-9,11H2,1-3H3. The summed E-state index contributed by atoms with van der Waals surface area (Å²) in [5, 5.41) is 4.26. The number of aromatic nitrogens is 1. The van der Waals surface area contributed by atoms with Gasteiger partial charge in [-0.05, 0) is 48.7 Å². The quantitative estimate of drug-likeness (QED) is 0.816. The van der Waals surface area contributed by atoms with Crippen LogP contribution in [0.4, 0.5) is 0 Å². The molecule has 26 heavy (non-hydrogen) atoms. The van der Waals surface area contributed by atoms with E-state index in [0.29, 0.717) is 42.2 Å². The molecular formula is C19H25N3O3S. The van der Waals surface area contributed by atoms with Crippen LogP contribution >= 0.6 is 11.3 Å². The molecule has 1 fully saturated rings. The number of rotatable bonds is 5. The number of piperazine rings is 1. The van der Waals surface area contributed by atoms with Crippen molar-refractivity contribution in [1.29, 1.82) is 0 Å². The van der Waals surface area contributed by atoms with Gasteiger partial charge in [-0.15, -0.1) is 0 Å². The smallest absolute Gasteiger partial charge is 0.340 e. The molecule has 3 rings (SSSR count). The normalized spacial score (nSPS) is 15.3. The van der Waals surface area contributed by atoms with E-state index in [2.05, 4.69) is 26.7 Å². The van der Waals surface area contributed by atoms with Crippen molar-refractivity contribution in [3.63, 3.8) is 0 Å². The molecule has 0 aromatic carbocycles. The predicted octanol–water partition coefficient (Wildman–Crippen LogP) is 2.83. The van der Waals surface area contributed by atoms with E-state index in [9.17, 15) is 9.59 Å². The van der Waals surface area contributed by atoms with Crippen LogP contribution in [0.3, 0.4) is 0 Å². The van der Waals surface area contributed by atoms with Crippen molar-refractivity contribution >= 4 is 23.2 Å². The van der Waals surface area contributed by atoms with Gasteiger partial charge >= 0.3 is 5.97 Å². The molecule has 0 aliphatic carbocycles. The summed E-state index contributed by atoms with van der Waals surface area (Å²) in [6.45, 7) is 9.71. The molecule has 0 saturated carbocycles. The molecule has 0 atom stereocenters. The number of thiophene rings is 1. The number of H-pyrrole nitrogens is 1. The fraction of sp³-hybridized carbons (Fsp3) is 0.474. The van der Waals surface area contributed by atoms with E-state index in [-0.39, 0.29) is 11.9 Å². The summed E-state index contributed by atoms with van der Waals surface area (Å²) in [6.07, 6.45) is 0. The molecule has 6 nitrogen and oxygen atoms in total. The Kier molecular flexibility index (Phi) is 5.78. The Hall–Kier alpha value is -2.12. The van der Waals surface area contributed by atoms with E-state index in [1.165, 1.54) is 5.56 Å². The molecule has 0 radical (unpaired) electrons. The fourth-order valence-corrected chi connectivity index (χ4v) is 4.04. The van der Waals surface area contributed by atoms with Gasteiger partial charge in [0, 0.05) is 38.4 Å². The number of esters is 1. The Balaban J connectivity index is 1.65. The third kappa shape index (κ3) is 3.83. The van der Waals surface area contributed by atoms with E-state index in [4.69, 9.17) is 4.74 Å². The predicted molar refractivity (Wildman–Crippen MR) is 102 cm³/mol. The van der Waals surface area contributed by atoms with Crippen molar-refractivity contribution in [2.45, 2.75) is 27.3 Å². The van der Waals surface area contributed by atoms with Gasteiger partial charge in [-0.2, -0.15) is 11.3 Å². The number of aromatic amines is 1. The van der Waals surface area contributed by atoms with Crippen molar-refractivity contribution in [1.82, 2.24) is 14.8 Å². The topological polar surface area (TPSA) is 65.6 Å². The number of carbonyl (C=O) groups is 2. The summed E-state index contributed by atoms with van der Waals surface area (Å²) >= 11 is 1.71. The van der Waals surface area contributed by atoms with Gasteiger partial charge < -0.3 is 14.6 Å². The van der Waals surface area contributed by atoms with Crippen LogP contribution in [0.25, 0.3) is 0 Å². The summed E-state index contributed by atoms with van der Waals surface area (Å²) in [7, 11) is 0. The van der Waals surface area contributed by atoms with Gasteiger partial charge in [-0.25, -0.2) is 4.79 Å². The largest absolute Gasteiger partial charge is 0.462 e. The van der Waals surface area contributed by atoms with Crippen LogP contribution in [0.15, 0.2) is 16.8 Å². The zero-order chi connectivity index (χ0) is 18.7. The first-order valence-corrected chi connectivity index (χ1v) is 9.84. The third-order valence-electron chi connectivity index (χ3n) is 4.78. The first kappa shape index (κ1) is 18.7. The van der Waals surface area contributed by atoms with Crippen LogP contribution in [0.2, 0.25) is 0 Å². The van der Waals surface area contributed by atoms with E-state index in [0.717, 1.165) is 19.6 Å². The molecule has 0 spiro atoms. The molecule has 1 N–H and O–H groups in total. The number of carbonyl (C=O) groups excluding carboxylic acids is 2. The second kappa shape index (κ2) is 8.05. The summed E-state index contributed by atoms with van der Waals surface area (Å²) in [4.78, 5) is 32.4. The number of nitrogens with zero attached hydrogens (tertiary/aromatic N) is 2. The molecular weight excluding hydrogens is 350 g/mol. The summed E-state index contributed by atoms with van der Waals surface area (Å²) in [6, 6.07) is 2.14. The Morgan fingerprint density at radius 3 is 2.58 bits per heavy atom. The maximum Gasteiger partial charge on any atom is 0.340 e. The van der Waals surface area contributed by atoms with Crippen molar-refractivity contribution in [3.05, 3.63) is 44.9 Å². The number of ether oxygens (including phenoxy) is 1. The molecule has 1 aliphatic heterocycles. The first-order valence-electron chi connectivity index (χ1n) is 8.90. The number of aryl methyl sites for hydroxylation is 1. The molecule has 1 saturated heterocycles.